The molecular weight excluding hydrogens is 453 g/mol. The molecule has 2 atom stereocenters. The van der Waals surface area contributed by atoms with Crippen molar-refractivity contribution < 1.29 is 12.8 Å². The fourth-order valence-corrected chi connectivity index (χ4v) is 6.29. The topological polar surface area (TPSA) is 71.3 Å². The average molecular weight is 494 g/mol. The lowest BCUT2D eigenvalue weighted by Gasteiger charge is -2.32. The van der Waals surface area contributed by atoms with Crippen molar-refractivity contribution in [3.63, 3.8) is 0 Å². The summed E-state index contributed by atoms with van der Waals surface area (Å²) < 4.78 is 44.8. The van der Waals surface area contributed by atoms with Crippen LogP contribution in [-0.2, 0) is 17.1 Å². The summed E-state index contributed by atoms with van der Waals surface area (Å²) in [6.45, 7) is 6.69. The highest BCUT2D eigenvalue weighted by molar-refractivity contribution is 7.89. The maximum atomic E-state index is 14.9. The van der Waals surface area contributed by atoms with Crippen LogP contribution in [0, 0.1) is 5.82 Å². The van der Waals surface area contributed by atoms with Crippen molar-refractivity contribution >= 4 is 10.0 Å². The lowest BCUT2D eigenvalue weighted by molar-refractivity contribution is 0.180. The van der Waals surface area contributed by atoms with E-state index in [9.17, 15) is 12.8 Å². The molecule has 190 valence electrons. The van der Waals surface area contributed by atoms with Gasteiger partial charge in [0.25, 0.3) is 10.0 Å². The molecule has 0 radical (unpaired) electrons. The summed E-state index contributed by atoms with van der Waals surface area (Å²) in [7, 11) is -2.02. The lowest BCUT2D eigenvalue weighted by Crippen LogP contribution is -2.42. The van der Waals surface area contributed by atoms with Gasteiger partial charge in [0.05, 0.1) is 12.0 Å². The predicted molar refractivity (Wildman–Crippen MR) is 133 cm³/mol. The van der Waals surface area contributed by atoms with E-state index in [0.717, 1.165) is 51.6 Å². The first-order valence-corrected chi connectivity index (χ1v) is 14.1. The molecule has 1 aliphatic heterocycles. The molecule has 3 heterocycles. The summed E-state index contributed by atoms with van der Waals surface area (Å²) in [5, 5.41) is 0.0355. The van der Waals surface area contributed by atoms with Gasteiger partial charge in [0.2, 0.25) is 0 Å². The molecule has 1 aliphatic rings. The van der Waals surface area contributed by atoms with E-state index in [1.807, 2.05) is 0 Å². The Morgan fingerprint density at radius 2 is 1.71 bits per heavy atom. The highest BCUT2D eigenvalue weighted by Gasteiger charge is 2.44. The minimum atomic E-state index is -3.77. The smallest absolute Gasteiger partial charge is 0.262 e. The number of halogens is 1. The number of aromatic nitrogens is 3. The van der Waals surface area contributed by atoms with Crippen molar-refractivity contribution in [1.29, 1.82) is 0 Å². The van der Waals surface area contributed by atoms with E-state index >= 15 is 0 Å². The van der Waals surface area contributed by atoms with Gasteiger partial charge in [0, 0.05) is 44.5 Å². The third-order valence-electron chi connectivity index (χ3n) is 6.75. The van der Waals surface area contributed by atoms with Gasteiger partial charge in [-0.3, -0.25) is 9.88 Å². The second-order valence-electron chi connectivity index (χ2n) is 9.40. The Kier molecular flexibility index (Phi) is 10.0. The molecule has 2 aromatic heterocycles. The van der Waals surface area contributed by atoms with Crippen LogP contribution >= 0.6 is 0 Å². The van der Waals surface area contributed by atoms with Crippen molar-refractivity contribution in [1.82, 2.24) is 23.7 Å². The van der Waals surface area contributed by atoms with E-state index < -0.39 is 10.0 Å². The summed E-state index contributed by atoms with van der Waals surface area (Å²) in [6, 6.07) is 2.88. The van der Waals surface area contributed by atoms with E-state index in [-0.39, 0.29) is 29.3 Å². The zero-order valence-corrected chi connectivity index (χ0v) is 21.7. The van der Waals surface area contributed by atoms with Crippen LogP contribution in [0.3, 0.4) is 0 Å². The molecule has 0 amide bonds. The molecule has 2 aromatic rings. The van der Waals surface area contributed by atoms with Gasteiger partial charge in [-0.2, -0.15) is 4.31 Å². The highest BCUT2D eigenvalue weighted by Crippen LogP contribution is 2.35. The van der Waals surface area contributed by atoms with Crippen LogP contribution in [0.2, 0.25) is 0 Å². The first-order chi connectivity index (χ1) is 16.4. The van der Waals surface area contributed by atoms with Gasteiger partial charge in [-0.05, 0) is 38.1 Å². The first kappa shape index (κ1) is 26.8. The summed E-state index contributed by atoms with van der Waals surface area (Å²) in [5.74, 6) is -0.691. The van der Waals surface area contributed by atoms with Gasteiger partial charge >= 0.3 is 0 Å². The van der Waals surface area contributed by atoms with Crippen LogP contribution in [0.1, 0.15) is 76.8 Å². The number of hydrogen-bond donors (Lipinski definition) is 0. The number of imidazole rings is 1. The summed E-state index contributed by atoms with van der Waals surface area (Å²) >= 11 is 0. The molecule has 0 aromatic carbocycles. The van der Waals surface area contributed by atoms with Crippen LogP contribution < -0.4 is 0 Å². The number of sulfonamides is 1. The van der Waals surface area contributed by atoms with Crippen molar-refractivity contribution in [3.8, 4) is 0 Å². The van der Waals surface area contributed by atoms with Crippen LogP contribution in [0.5, 0.6) is 0 Å². The van der Waals surface area contributed by atoms with Crippen molar-refractivity contribution in [2.24, 2.45) is 7.05 Å². The number of aryl methyl sites for hydroxylation is 1. The van der Waals surface area contributed by atoms with Crippen molar-refractivity contribution in [3.05, 3.63) is 42.4 Å². The molecule has 0 aliphatic carbocycles. The SMILES string of the molecule is CCCCCCN(CCCCCC)C1CN(S(=O)(=O)c2cn(C)cn2)CC1c1ncccc1F. The highest BCUT2D eigenvalue weighted by atomic mass is 32.2. The zero-order valence-electron chi connectivity index (χ0n) is 20.9. The molecule has 0 bridgehead atoms. The summed E-state index contributed by atoms with van der Waals surface area (Å²) in [6.07, 6.45) is 13.7. The fourth-order valence-electron chi connectivity index (χ4n) is 4.84. The van der Waals surface area contributed by atoms with E-state index in [1.165, 1.54) is 35.7 Å². The Morgan fingerprint density at radius 1 is 1.03 bits per heavy atom. The standard InChI is InChI=1S/C25H40FN5O2S/c1-4-6-8-10-15-30(16-11-9-7-5-2)23-18-31(34(32,33)24-19-29(3)20-28-24)17-21(23)25-22(26)13-12-14-27-25/h12-14,19-21,23H,4-11,15-18H2,1-3H3. The minimum Gasteiger partial charge on any atom is -0.339 e. The van der Waals surface area contributed by atoms with Gasteiger partial charge in [-0.1, -0.05) is 52.4 Å². The molecule has 0 spiro atoms. The monoisotopic (exact) mass is 493 g/mol. The molecule has 0 saturated carbocycles. The van der Waals surface area contributed by atoms with Crippen LogP contribution in [0.25, 0.3) is 0 Å². The lowest BCUT2D eigenvalue weighted by atomic mass is 9.96. The van der Waals surface area contributed by atoms with Crippen LogP contribution in [0.4, 0.5) is 4.39 Å². The number of pyridine rings is 1. The molecule has 2 unspecified atom stereocenters. The molecule has 34 heavy (non-hydrogen) atoms. The second-order valence-corrected chi connectivity index (χ2v) is 11.3. The van der Waals surface area contributed by atoms with Gasteiger partial charge < -0.3 is 4.57 Å². The average Bonchev–Trinajstić information content (AvgIpc) is 3.46. The van der Waals surface area contributed by atoms with Crippen molar-refractivity contribution in [2.45, 2.75) is 82.2 Å². The number of nitrogens with zero attached hydrogens (tertiary/aromatic N) is 5. The second kappa shape index (κ2) is 12.7. The molecule has 3 rings (SSSR count). The van der Waals surface area contributed by atoms with Crippen molar-refractivity contribution in [2.75, 3.05) is 26.2 Å². The van der Waals surface area contributed by atoms with Gasteiger partial charge in [0.1, 0.15) is 5.82 Å². The maximum absolute atomic E-state index is 14.9. The van der Waals surface area contributed by atoms with Gasteiger partial charge in [0.15, 0.2) is 5.03 Å². The quantitative estimate of drug-likeness (QED) is 0.361. The number of hydrogen-bond acceptors (Lipinski definition) is 5. The normalized spacial score (nSPS) is 19.3. The molecule has 9 heteroatoms. The zero-order chi connectivity index (χ0) is 24.6. The van der Waals surface area contributed by atoms with E-state index in [4.69, 9.17) is 0 Å². The van der Waals surface area contributed by atoms with Crippen LogP contribution in [-0.4, -0.2) is 64.4 Å². The minimum absolute atomic E-state index is 0.0355. The third kappa shape index (κ3) is 6.64. The molecule has 1 fully saturated rings. The van der Waals surface area contributed by atoms with Gasteiger partial charge in [-0.15, -0.1) is 0 Å². The Balaban J connectivity index is 1.88. The fraction of sp³-hybridized carbons (Fsp3) is 0.680. The third-order valence-corrected chi connectivity index (χ3v) is 8.46. The van der Waals surface area contributed by atoms with E-state index in [2.05, 4.69) is 28.7 Å². The predicted octanol–water partition coefficient (Wildman–Crippen LogP) is 4.57. The molecule has 0 N–H and O–H groups in total. The largest absolute Gasteiger partial charge is 0.339 e. The van der Waals surface area contributed by atoms with Gasteiger partial charge in [-0.25, -0.2) is 17.8 Å². The van der Waals surface area contributed by atoms with Crippen LogP contribution in [0.15, 0.2) is 35.9 Å². The number of rotatable bonds is 14. The maximum Gasteiger partial charge on any atom is 0.262 e. The van der Waals surface area contributed by atoms with E-state index in [0.29, 0.717) is 12.2 Å². The summed E-state index contributed by atoms with van der Waals surface area (Å²) in [5.41, 5.74) is 0.360. The Morgan fingerprint density at radius 3 is 2.26 bits per heavy atom. The van der Waals surface area contributed by atoms with E-state index in [1.54, 1.807) is 23.9 Å². The molecule has 7 nitrogen and oxygen atoms in total. The Labute approximate surface area is 204 Å². The summed E-state index contributed by atoms with van der Waals surface area (Å²) in [4.78, 5) is 10.9. The Hall–Kier alpha value is -1.84. The first-order valence-electron chi connectivity index (χ1n) is 12.7. The Bertz CT molecular complexity index is 985. The number of unbranched alkanes of at least 4 members (excludes halogenated alkanes) is 6. The molecule has 1 saturated heterocycles. The molecular formula is C25H40FN5O2S.